The fourth-order valence-corrected chi connectivity index (χ4v) is 1.74. The molecule has 2 N–H and O–H groups in total. The Morgan fingerprint density at radius 1 is 0.941 bits per heavy atom. The molecule has 2 aromatic rings. The molecule has 0 aliphatic carbocycles. The number of aromatic hydroxyl groups is 2. The van der Waals surface area contributed by atoms with Gasteiger partial charge in [0, 0.05) is 5.56 Å². The Labute approximate surface area is 99.9 Å². The van der Waals surface area contributed by atoms with E-state index in [9.17, 15) is 10.2 Å². The molecule has 0 radical (unpaired) electrons. The molecule has 0 fully saturated rings. The van der Waals surface area contributed by atoms with Gasteiger partial charge < -0.3 is 14.9 Å². The van der Waals surface area contributed by atoms with Gasteiger partial charge in [0.2, 0.25) is 0 Å². The Bertz CT molecular complexity index is 547. The molecule has 0 bridgehead atoms. The normalized spacial score (nSPS) is 10.2. The standard InChI is InChI=1S/C14H14O3/c1-9-3-6-14(17-2)11(7-9)10-4-5-12(15)13(16)8-10/h3-8,15-16H,1-2H3. The Balaban J connectivity index is 2.58. The van der Waals surface area contributed by atoms with E-state index in [0.717, 1.165) is 22.4 Å². The summed E-state index contributed by atoms with van der Waals surface area (Å²) in [6.07, 6.45) is 0. The van der Waals surface area contributed by atoms with Crippen molar-refractivity contribution in [3.63, 3.8) is 0 Å². The first kappa shape index (κ1) is 11.3. The SMILES string of the molecule is COc1ccc(C)cc1-c1ccc(O)c(O)c1. The largest absolute Gasteiger partial charge is 0.504 e. The maximum absolute atomic E-state index is 9.50. The molecule has 2 rings (SSSR count). The van der Waals surface area contributed by atoms with Crippen LogP contribution in [0.15, 0.2) is 36.4 Å². The number of phenols is 2. The van der Waals surface area contributed by atoms with Gasteiger partial charge in [-0.1, -0.05) is 17.7 Å². The molecule has 0 saturated heterocycles. The summed E-state index contributed by atoms with van der Waals surface area (Å²) in [5, 5.41) is 18.8. The van der Waals surface area contributed by atoms with Crippen molar-refractivity contribution in [2.45, 2.75) is 6.92 Å². The minimum Gasteiger partial charge on any atom is -0.504 e. The molecule has 0 spiro atoms. The molecule has 3 nitrogen and oxygen atoms in total. The van der Waals surface area contributed by atoms with Gasteiger partial charge in [-0.15, -0.1) is 0 Å². The second-order valence-corrected chi connectivity index (χ2v) is 3.91. The van der Waals surface area contributed by atoms with Crippen LogP contribution in [-0.4, -0.2) is 17.3 Å². The summed E-state index contributed by atoms with van der Waals surface area (Å²) in [4.78, 5) is 0. The lowest BCUT2D eigenvalue weighted by atomic mass is 10.0. The highest BCUT2D eigenvalue weighted by atomic mass is 16.5. The average Bonchev–Trinajstić information content (AvgIpc) is 2.32. The Hall–Kier alpha value is -2.16. The summed E-state index contributed by atoms with van der Waals surface area (Å²) in [5.41, 5.74) is 2.80. The van der Waals surface area contributed by atoms with Crippen LogP contribution in [0.2, 0.25) is 0 Å². The van der Waals surface area contributed by atoms with Crippen molar-refractivity contribution in [1.82, 2.24) is 0 Å². The van der Waals surface area contributed by atoms with E-state index in [1.807, 2.05) is 25.1 Å². The Morgan fingerprint density at radius 2 is 1.71 bits per heavy atom. The van der Waals surface area contributed by atoms with Gasteiger partial charge in [0.15, 0.2) is 11.5 Å². The van der Waals surface area contributed by atoms with Gasteiger partial charge in [0.25, 0.3) is 0 Å². The first-order valence-corrected chi connectivity index (χ1v) is 5.29. The van der Waals surface area contributed by atoms with E-state index in [0.29, 0.717) is 0 Å². The van der Waals surface area contributed by atoms with Crippen LogP contribution in [0.3, 0.4) is 0 Å². The van der Waals surface area contributed by atoms with Crippen LogP contribution in [0.4, 0.5) is 0 Å². The van der Waals surface area contributed by atoms with E-state index in [4.69, 9.17) is 4.74 Å². The first-order valence-electron chi connectivity index (χ1n) is 5.29. The summed E-state index contributed by atoms with van der Waals surface area (Å²) >= 11 is 0. The quantitative estimate of drug-likeness (QED) is 0.779. The van der Waals surface area contributed by atoms with Crippen molar-refractivity contribution in [3.8, 4) is 28.4 Å². The molecule has 0 atom stereocenters. The molecular formula is C14H14O3. The summed E-state index contributed by atoms with van der Waals surface area (Å²) in [6.45, 7) is 1.99. The average molecular weight is 230 g/mol. The van der Waals surface area contributed by atoms with Crippen molar-refractivity contribution in [3.05, 3.63) is 42.0 Å². The van der Waals surface area contributed by atoms with Crippen LogP contribution in [0.1, 0.15) is 5.56 Å². The second-order valence-electron chi connectivity index (χ2n) is 3.91. The lowest BCUT2D eigenvalue weighted by Crippen LogP contribution is -1.88. The van der Waals surface area contributed by atoms with Gasteiger partial charge in [-0.3, -0.25) is 0 Å². The summed E-state index contributed by atoms with van der Waals surface area (Å²) in [7, 11) is 1.61. The predicted octanol–water partition coefficient (Wildman–Crippen LogP) is 3.08. The van der Waals surface area contributed by atoms with E-state index < -0.39 is 0 Å². The first-order chi connectivity index (χ1) is 8.11. The molecule has 3 heteroatoms. The number of hydrogen-bond donors (Lipinski definition) is 2. The molecular weight excluding hydrogens is 216 g/mol. The van der Waals surface area contributed by atoms with E-state index in [1.54, 1.807) is 13.2 Å². The van der Waals surface area contributed by atoms with Gasteiger partial charge >= 0.3 is 0 Å². The number of hydrogen-bond acceptors (Lipinski definition) is 3. The zero-order valence-corrected chi connectivity index (χ0v) is 9.77. The van der Waals surface area contributed by atoms with Crippen LogP contribution >= 0.6 is 0 Å². The summed E-state index contributed by atoms with van der Waals surface area (Å²) in [5.74, 6) is 0.479. The van der Waals surface area contributed by atoms with Gasteiger partial charge in [-0.05, 0) is 36.8 Å². The molecule has 0 aliphatic heterocycles. The lowest BCUT2D eigenvalue weighted by Gasteiger charge is -2.10. The minimum absolute atomic E-state index is 0.125. The van der Waals surface area contributed by atoms with Crippen molar-refractivity contribution in [2.75, 3.05) is 7.11 Å². The lowest BCUT2D eigenvalue weighted by molar-refractivity contribution is 0.403. The highest BCUT2D eigenvalue weighted by molar-refractivity contribution is 5.73. The maximum Gasteiger partial charge on any atom is 0.158 e. The number of methoxy groups -OCH3 is 1. The van der Waals surface area contributed by atoms with Gasteiger partial charge in [0.1, 0.15) is 5.75 Å². The van der Waals surface area contributed by atoms with Crippen LogP contribution in [0, 0.1) is 6.92 Å². The van der Waals surface area contributed by atoms with Crippen molar-refractivity contribution in [1.29, 1.82) is 0 Å². The third-order valence-electron chi connectivity index (χ3n) is 2.64. The van der Waals surface area contributed by atoms with Gasteiger partial charge in [0.05, 0.1) is 7.11 Å². The van der Waals surface area contributed by atoms with Crippen LogP contribution in [0.25, 0.3) is 11.1 Å². The van der Waals surface area contributed by atoms with E-state index >= 15 is 0 Å². The van der Waals surface area contributed by atoms with Gasteiger partial charge in [-0.2, -0.15) is 0 Å². The fraction of sp³-hybridized carbons (Fsp3) is 0.143. The molecule has 88 valence electrons. The molecule has 0 saturated carbocycles. The Morgan fingerprint density at radius 3 is 2.35 bits per heavy atom. The molecule has 0 aromatic heterocycles. The second kappa shape index (κ2) is 4.37. The maximum atomic E-state index is 9.50. The molecule has 0 amide bonds. The number of benzene rings is 2. The molecule has 0 unspecified atom stereocenters. The summed E-state index contributed by atoms with van der Waals surface area (Å²) in [6, 6.07) is 10.5. The predicted molar refractivity (Wildman–Crippen MR) is 66.5 cm³/mol. The molecule has 17 heavy (non-hydrogen) atoms. The van der Waals surface area contributed by atoms with Crippen molar-refractivity contribution >= 4 is 0 Å². The smallest absolute Gasteiger partial charge is 0.158 e. The highest BCUT2D eigenvalue weighted by Crippen LogP contribution is 2.35. The monoisotopic (exact) mass is 230 g/mol. The molecule has 2 aromatic carbocycles. The third-order valence-corrected chi connectivity index (χ3v) is 2.64. The number of aryl methyl sites for hydroxylation is 1. The number of rotatable bonds is 2. The zero-order chi connectivity index (χ0) is 12.4. The topological polar surface area (TPSA) is 49.7 Å². The van der Waals surface area contributed by atoms with Crippen LogP contribution in [-0.2, 0) is 0 Å². The van der Waals surface area contributed by atoms with Crippen molar-refractivity contribution < 1.29 is 14.9 Å². The van der Waals surface area contributed by atoms with E-state index in [1.165, 1.54) is 12.1 Å². The Kier molecular flexibility index (Phi) is 2.91. The molecule has 0 heterocycles. The zero-order valence-electron chi connectivity index (χ0n) is 9.77. The van der Waals surface area contributed by atoms with Crippen molar-refractivity contribution in [2.24, 2.45) is 0 Å². The highest BCUT2D eigenvalue weighted by Gasteiger charge is 2.08. The number of ether oxygens (including phenoxy) is 1. The fourth-order valence-electron chi connectivity index (χ4n) is 1.74. The minimum atomic E-state index is -0.133. The third kappa shape index (κ3) is 2.18. The molecule has 0 aliphatic rings. The van der Waals surface area contributed by atoms with Crippen LogP contribution in [0.5, 0.6) is 17.2 Å². The summed E-state index contributed by atoms with van der Waals surface area (Å²) < 4.78 is 5.28. The number of phenolic OH excluding ortho intramolecular Hbond substituents is 2. The van der Waals surface area contributed by atoms with Crippen LogP contribution < -0.4 is 4.74 Å². The van der Waals surface area contributed by atoms with E-state index in [-0.39, 0.29) is 11.5 Å². The van der Waals surface area contributed by atoms with Gasteiger partial charge in [-0.25, -0.2) is 0 Å². The van der Waals surface area contributed by atoms with E-state index in [2.05, 4.69) is 0 Å².